The lowest BCUT2D eigenvalue weighted by molar-refractivity contribution is -0.136. The van der Waals surface area contributed by atoms with Crippen molar-refractivity contribution in [3.8, 4) is 17.2 Å². The number of carbonyl (C=O) groups is 1. The molecule has 0 aliphatic rings. The lowest BCUT2D eigenvalue weighted by Gasteiger charge is -2.12. The SMILES string of the molecule is COc1ccc(/C=C/C(=O)Nc2ccccc2OCCCC(F)(F)F)cc1OC. The van der Waals surface area contributed by atoms with Crippen LogP contribution in [0.2, 0.25) is 0 Å². The summed E-state index contributed by atoms with van der Waals surface area (Å²) in [5.74, 6) is 1.01. The summed E-state index contributed by atoms with van der Waals surface area (Å²) in [7, 11) is 3.05. The summed E-state index contributed by atoms with van der Waals surface area (Å²) in [6, 6.07) is 11.8. The quantitative estimate of drug-likeness (QED) is 0.464. The van der Waals surface area contributed by atoms with Crippen molar-refractivity contribution in [2.75, 3.05) is 26.1 Å². The van der Waals surface area contributed by atoms with E-state index in [-0.39, 0.29) is 13.0 Å². The summed E-state index contributed by atoms with van der Waals surface area (Å²) >= 11 is 0. The van der Waals surface area contributed by atoms with E-state index in [9.17, 15) is 18.0 Å². The molecule has 0 aliphatic heterocycles. The van der Waals surface area contributed by atoms with E-state index in [1.54, 1.807) is 48.5 Å². The molecule has 2 aromatic carbocycles. The molecule has 0 atom stereocenters. The van der Waals surface area contributed by atoms with Crippen LogP contribution in [0.3, 0.4) is 0 Å². The number of benzene rings is 2. The Kier molecular flexibility index (Phi) is 7.94. The zero-order valence-electron chi connectivity index (χ0n) is 16.1. The van der Waals surface area contributed by atoms with Crippen molar-refractivity contribution in [2.24, 2.45) is 0 Å². The fourth-order valence-electron chi connectivity index (χ4n) is 2.45. The molecule has 0 heterocycles. The summed E-state index contributed by atoms with van der Waals surface area (Å²) in [4.78, 5) is 12.2. The van der Waals surface area contributed by atoms with E-state index in [1.165, 1.54) is 20.3 Å². The molecule has 2 rings (SSSR count). The van der Waals surface area contributed by atoms with Crippen LogP contribution in [-0.2, 0) is 4.79 Å². The highest BCUT2D eigenvalue weighted by Gasteiger charge is 2.26. The van der Waals surface area contributed by atoms with Gasteiger partial charge in [0.2, 0.25) is 5.91 Å². The van der Waals surface area contributed by atoms with Crippen LogP contribution in [0.4, 0.5) is 18.9 Å². The van der Waals surface area contributed by atoms with E-state index in [2.05, 4.69) is 5.32 Å². The Labute approximate surface area is 167 Å². The molecule has 0 radical (unpaired) electrons. The first-order valence-corrected chi connectivity index (χ1v) is 8.82. The van der Waals surface area contributed by atoms with Crippen LogP contribution in [0.5, 0.6) is 17.2 Å². The van der Waals surface area contributed by atoms with Gasteiger partial charge in [-0.25, -0.2) is 0 Å². The standard InChI is InChI=1S/C21H22F3NO4/c1-27-18-10-8-15(14-19(18)28-2)9-11-20(26)25-16-6-3-4-7-17(16)29-13-5-12-21(22,23)24/h3-4,6-11,14H,5,12-13H2,1-2H3,(H,25,26)/b11-9+. The van der Waals surface area contributed by atoms with Gasteiger partial charge in [-0.3, -0.25) is 4.79 Å². The van der Waals surface area contributed by atoms with E-state index in [0.717, 1.165) is 5.56 Å². The van der Waals surface area contributed by atoms with Gasteiger partial charge in [0, 0.05) is 12.5 Å². The molecule has 8 heteroatoms. The van der Waals surface area contributed by atoms with Crippen molar-refractivity contribution in [3.05, 3.63) is 54.1 Å². The van der Waals surface area contributed by atoms with Gasteiger partial charge in [0.25, 0.3) is 0 Å². The highest BCUT2D eigenvalue weighted by Crippen LogP contribution is 2.28. The number of alkyl halides is 3. The maximum atomic E-state index is 12.2. The Morgan fingerprint density at radius 3 is 2.45 bits per heavy atom. The fourth-order valence-corrected chi connectivity index (χ4v) is 2.45. The Bertz CT molecular complexity index is 850. The highest BCUT2D eigenvalue weighted by molar-refractivity contribution is 6.02. The number of hydrogen-bond donors (Lipinski definition) is 1. The summed E-state index contributed by atoms with van der Waals surface area (Å²) in [6.07, 6.45) is -2.36. The van der Waals surface area contributed by atoms with E-state index in [0.29, 0.717) is 22.9 Å². The predicted octanol–water partition coefficient (Wildman–Crippen LogP) is 5.08. The van der Waals surface area contributed by atoms with Crippen molar-refractivity contribution >= 4 is 17.7 Å². The second-order valence-corrected chi connectivity index (χ2v) is 6.00. The Balaban J connectivity index is 1.97. The molecule has 0 spiro atoms. The number of ether oxygens (including phenoxy) is 3. The van der Waals surface area contributed by atoms with Crippen LogP contribution < -0.4 is 19.5 Å². The van der Waals surface area contributed by atoms with Gasteiger partial charge >= 0.3 is 6.18 Å². The smallest absolute Gasteiger partial charge is 0.389 e. The minimum atomic E-state index is -4.22. The summed E-state index contributed by atoms with van der Waals surface area (Å²) in [5, 5.41) is 2.66. The number of anilines is 1. The van der Waals surface area contributed by atoms with Gasteiger partial charge in [0.15, 0.2) is 11.5 Å². The van der Waals surface area contributed by atoms with Gasteiger partial charge < -0.3 is 19.5 Å². The number of nitrogens with one attached hydrogen (secondary N) is 1. The predicted molar refractivity (Wildman–Crippen MR) is 104 cm³/mol. The third-order valence-electron chi connectivity index (χ3n) is 3.84. The van der Waals surface area contributed by atoms with E-state index >= 15 is 0 Å². The monoisotopic (exact) mass is 409 g/mol. The van der Waals surface area contributed by atoms with E-state index in [1.807, 2.05) is 0 Å². The molecular formula is C21H22F3NO4. The molecule has 2 aromatic rings. The van der Waals surface area contributed by atoms with Crippen molar-refractivity contribution in [2.45, 2.75) is 19.0 Å². The topological polar surface area (TPSA) is 56.8 Å². The molecule has 29 heavy (non-hydrogen) atoms. The molecule has 0 aromatic heterocycles. The van der Waals surface area contributed by atoms with Gasteiger partial charge in [0.1, 0.15) is 5.75 Å². The zero-order chi connectivity index (χ0) is 21.3. The minimum absolute atomic E-state index is 0.103. The van der Waals surface area contributed by atoms with Crippen LogP contribution in [0, 0.1) is 0 Å². The van der Waals surface area contributed by atoms with Crippen molar-refractivity contribution < 1.29 is 32.2 Å². The molecule has 0 saturated heterocycles. The van der Waals surface area contributed by atoms with Crippen LogP contribution >= 0.6 is 0 Å². The lowest BCUT2D eigenvalue weighted by Crippen LogP contribution is -2.12. The normalized spacial score (nSPS) is 11.3. The Morgan fingerprint density at radius 1 is 1.03 bits per heavy atom. The fraction of sp³-hybridized carbons (Fsp3) is 0.286. The molecule has 156 valence electrons. The third kappa shape index (κ3) is 7.40. The largest absolute Gasteiger partial charge is 0.493 e. The van der Waals surface area contributed by atoms with Gasteiger partial charge in [-0.2, -0.15) is 13.2 Å². The van der Waals surface area contributed by atoms with Crippen LogP contribution in [0.1, 0.15) is 18.4 Å². The van der Waals surface area contributed by atoms with E-state index in [4.69, 9.17) is 14.2 Å². The molecule has 0 fully saturated rings. The summed E-state index contributed by atoms with van der Waals surface area (Å²) < 4.78 is 52.4. The van der Waals surface area contributed by atoms with Crippen LogP contribution in [-0.4, -0.2) is 32.9 Å². The number of rotatable bonds is 9. The number of para-hydroxylation sites is 2. The first-order chi connectivity index (χ1) is 13.8. The van der Waals surface area contributed by atoms with Crippen LogP contribution in [0.15, 0.2) is 48.5 Å². The van der Waals surface area contributed by atoms with E-state index < -0.39 is 18.5 Å². The maximum Gasteiger partial charge on any atom is 0.389 e. The zero-order valence-corrected chi connectivity index (χ0v) is 16.1. The second kappa shape index (κ2) is 10.4. The van der Waals surface area contributed by atoms with Gasteiger partial charge in [-0.05, 0) is 42.3 Å². The summed E-state index contributed by atoms with van der Waals surface area (Å²) in [6.45, 7) is -0.103. The number of hydrogen-bond acceptors (Lipinski definition) is 4. The molecule has 0 bridgehead atoms. The second-order valence-electron chi connectivity index (χ2n) is 6.00. The first-order valence-electron chi connectivity index (χ1n) is 8.82. The molecule has 0 aliphatic carbocycles. The third-order valence-corrected chi connectivity index (χ3v) is 3.84. The van der Waals surface area contributed by atoms with Crippen LogP contribution in [0.25, 0.3) is 6.08 Å². The lowest BCUT2D eigenvalue weighted by atomic mass is 10.2. The molecular weight excluding hydrogens is 387 g/mol. The van der Waals surface area contributed by atoms with Gasteiger partial charge in [-0.1, -0.05) is 18.2 Å². The Morgan fingerprint density at radius 2 is 1.76 bits per heavy atom. The average molecular weight is 409 g/mol. The van der Waals surface area contributed by atoms with Gasteiger partial charge in [-0.15, -0.1) is 0 Å². The molecule has 1 amide bonds. The first kappa shape index (κ1) is 22.1. The minimum Gasteiger partial charge on any atom is -0.493 e. The molecule has 1 N–H and O–H groups in total. The molecule has 0 saturated carbocycles. The van der Waals surface area contributed by atoms with Crippen molar-refractivity contribution in [1.29, 1.82) is 0 Å². The van der Waals surface area contributed by atoms with Crippen molar-refractivity contribution in [1.82, 2.24) is 0 Å². The number of amides is 1. The molecule has 0 unspecified atom stereocenters. The Hall–Kier alpha value is -3.16. The highest BCUT2D eigenvalue weighted by atomic mass is 19.4. The van der Waals surface area contributed by atoms with Gasteiger partial charge in [0.05, 0.1) is 26.5 Å². The average Bonchev–Trinajstić information content (AvgIpc) is 2.69. The van der Waals surface area contributed by atoms with Crippen molar-refractivity contribution in [3.63, 3.8) is 0 Å². The maximum absolute atomic E-state index is 12.2. The number of methoxy groups -OCH3 is 2. The number of carbonyl (C=O) groups excluding carboxylic acids is 1. The number of halogens is 3. The molecule has 5 nitrogen and oxygen atoms in total. The summed E-state index contributed by atoms with van der Waals surface area (Å²) in [5.41, 5.74) is 1.11.